The fourth-order valence-corrected chi connectivity index (χ4v) is 4.09. The number of nitrogens with zero attached hydrogens (tertiary/aromatic N) is 1. The first-order chi connectivity index (χ1) is 9.03. The average molecular weight is 285 g/mol. The van der Waals surface area contributed by atoms with Crippen LogP contribution < -0.4 is 4.74 Å². The SMILES string of the molecule is COc1ccc(CS(=O)(=O)C2CCOCC2)c(C)n1. The number of sulfone groups is 1. The summed E-state index contributed by atoms with van der Waals surface area (Å²) in [7, 11) is -1.60. The molecular weight excluding hydrogens is 266 g/mol. The van der Waals surface area contributed by atoms with Gasteiger partial charge in [-0.3, -0.25) is 0 Å². The Kier molecular flexibility index (Phi) is 4.42. The summed E-state index contributed by atoms with van der Waals surface area (Å²) >= 11 is 0. The minimum atomic E-state index is -3.14. The van der Waals surface area contributed by atoms with E-state index >= 15 is 0 Å². The molecule has 0 aliphatic carbocycles. The van der Waals surface area contributed by atoms with Crippen LogP contribution in [0.5, 0.6) is 5.88 Å². The van der Waals surface area contributed by atoms with Gasteiger partial charge in [-0.25, -0.2) is 13.4 Å². The predicted molar refractivity (Wildman–Crippen MR) is 72.0 cm³/mol. The molecule has 1 aliphatic rings. The van der Waals surface area contributed by atoms with Crippen LogP contribution in [0.3, 0.4) is 0 Å². The van der Waals surface area contributed by atoms with E-state index in [4.69, 9.17) is 9.47 Å². The van der Waals surface area contributed by atoms with E-state index in [0.717, 1.165) is 5.56 Å². The monoisotopic (exact) mass is 285 g/mol. The Hall–Kier alpha value is -1.14. The van der Waals surface area contributed by atoms with Gasteiger partial charge < -0.3 is 9.47 Å². The van der Waals surface area contributed by atoms with Crippen molar-refractivity contribution in [1.29, 1.82) is 0 Å². The molecule has 19 heavy (non-hydrogen) atoms. The lowest BCUT2D eigenvalue weighted by molar-refractivity contribution is 0.0983. The molecule has 1 aromatic rings. The molecule has 1 aliphatic heterocycles. The highest BCUT2D eigenvalue weighted by Gasteiger charge is 2.28. The summed E-state index contributed by atoms with van der Waals surface area (Å²) in [5, 5.41) is -0.289. The van der Waals surface area contributed by atoms with Gasteiger partial charge in [-0.2, -0.15) is 0 Å². The highest BCUT2D eigenvalue weighted by molar-refractivity contribution is 7.91. The molecule has 6 heteroatoms. The van der Waals surface area contributed by atoms with Crippen molar-refractivity contribution >= 4 is 9.84 Å². The van der Waals surface area contributed by atoms with Gasteiger partial charge >= 0.3 is 0 Å². The zero-order valence-corrected chi connectivity index (χ0v) is 12.1. The minimum Gasteiger partial charge on any atom is -0.481 e. The van der Waals surface area contributed by atoms with E-state index in [1.165, 1.54) is 0 Å². The molecule has 1 fully saturated rings. The Labute approximate surface area is 113 Å². The lowest BCUT2D eigenvalue weighted by Crippen LogP contribution is -2.30. The van der Waals surface area contributed by atoms with Crippen molar-refractivity contribution in [3.05, 3.63) is 23.4 Å². The second-order valence-corrected chi connectivity index (χ2v) is 7.00. The lowest BCUT2D eigenvalue weighted by atomic mass is 10.2. The van der Waals surface area contributed by atoms with Crippen LogP contribution in [0.2, 0.25) is 0 Å². The van der Waals surface area contributed by atoms with Gasteiger partial charge in [-0.15, -0.1) is 0 Å². The van der Waals surface area contributed by atoms with Crippen LogP contribution in [0.25, 0.3) is 0 Å². The molecule has 5 nitrogen and oxygen atoms in total. The molecule has 2 heterocycles. The maximum Gasteiger partial charge on any atom is 0.213 e. The van der Waals surface area contributed by atoms with Gasteiger partial charge in [0, 0.05) is 25.0 Å². The Morgan fingerprint density at radius 1 is 1.37 bits per heavy atom. The minimum absolute atomic E-state index is 0.0422. The van der Waals surface area contributed by atoms with E-state index in [0.29, 0.717) is 37.6 Å². The van der Waals surface area contributed by atoms with Crippen molar-refractivity contribution in [3.8, 4) is 5.88 Å². The van der Waals surface area contributed by atoms with Crippen LogP contribution >= 0.6 is 0 Å². The fourth-order valence-electron chi connectivity index (χ4n) is 2.20. The van der Waals surface area contributed by atoms with Gasteiger partial charge in [0.15, 0.2) is 9.84 Å². The Balaban J connectivity index is 2.15. The molecule has 0 radical (unpaired) electrons. The van der Waals surface area contributed by atoms with Crippen LogP contribution in [-0.4, -0.2) is 39.0 Å². The second-order valence-electron chi connectivity index (χ2n) is 4.72. The first kappa shape index (κ1) is 14.3. The highest BCUT2D eigenvalue weighted by atomic mass is 32.2. The third-order valence-corrected chi connectivity index (χ3v) is 5.61. The normalized spacial score (nSPS) is 17.4. The Morgan fingerprint density at radius 3 is 2.63 bits per heavy atom. The molecule has 0 aromatic carbocycles. The van der Waals surface area contributed by atoms with Crippen LogP contribution in [-0.2, 0) is 20.3 Å². The van der Waals surface area contributed by atoms with Crippen molar-refractivity contribution < 1.29 is 17.9 Å². The second kappa shape index (κ2) is 5.88. The van der Waals surface area contributed by atoms with Crippen LogP contribution in [0, 0.1) is 6.92 Å². The molecule has 0 spiro atoms. The number of aromatic nitrogens is 1. The van der Waals surface area contributed by atoms with Gasteiger partial charge in [0.2, 0.25) is 5.88 Å². The summed E-state index contributed by atoms with van der Waals surface area (Å²) < 4.78 is 34.9. The fraction of sp³-hybridized carbons (Fsp3) is 0.615. The summed E-state index contributed by atoms with van der Waals surface area (Å²) in [5.74, 6) is 0.547. The summed E-state index contributed by atoms with van der Waals surface area (Å²) in [5.41, 5.74) is 1.45. The maximum atomic E-state index is 12.3. The van der Waals surface area contributed by atoms with Gasteiger partial charge in [-0.1, -0.05) is 6.07 Å². The van der Waals surface area contributed by atoms with E-state index in [2.05, 4.69) is 4.98 Å². The average Bonchev–Trinajstić information content (AvgIpc) is 2.42. The molecule has 0 N–H and O–H groups in total. The van der Waals surface area contributed by atoms with Gasteiger partial charge in [0.05, 0.1) is 18.1 Å². The van der Waals surface area contributed by atoms with E-state index in [1.54, 1.807) is 26.2 Å². The number of methoxy groups -OCH3 is 1. The molecule has 2 rings (SSSR count). The first-order valence-corrected chi connectivity index (χ1v) is 8.04. The Bertz CT molecular complexity index is 536. The van der Waals surface area contributed by atoms with E-state index < -0.39 is 9.84 Å². The van der Waals surface area contributed by atoms with Crippen LogP contribution in [0.15, 0.2) is 12.1 Å². The zero-order chi connectivity index (χ0) is 13.9. The predicted octanol–water partition coefficient (Wildman–Crippen LogP) is 1.49. The topological polar surface area (TPSA) is 65.5 Å². The van der Waals surface area contributed by atoms with Gasteiger partial charge in [0.25, 0.3) is 0 Å². The quantitative estimate of drug-likeness (QED) is 0.838. The number of hydrogen-bond donors (Lipinski definition) is 0. The summed E-state index contributed by atoms with van der Waals surface area (Å²) in [4.78, 5) is 4.21. The summed E-state index contributed by atoms with van der Waals surface area (Å²) in [6.07, 6.45) is 1.18. The van der Waals surface area contributed by atoms with E-state index in [-0.39, 0.29) is 11.0 Å². The summed E-state index contributed by atoms with van der Waals surface area (Å²) in [6, 6.07) is 3.47. The Morgan fingerprint density at radius 2 is 2.05 bits per heavy atom. The van der Waals surface area contributed by atoms with Crippen molar-refractivity contribution in [2.75, 3.05) is 20.3 Å². The molecule has 0 bridgehead atoms. The van der Waals surface area contributed by atoms with Gasteiger partial charge in [0.1, 0.15) is 0 Å². The third kappa shape index (κ3) is 3.45. The van der Waals surface area contributed by atoms with Crippen molar-refractivity contribution in [1.82, 2.24) is 4.98 Å². The molecule has 0 unspecified atom stereocenters. The standard InChI is InChI=1S/C13H19NO4S/c1-10-11(3-4-13(14-10)17-2)9-19(15,16)12-5-7-18-8-6-12/h3-4,12H,5-9H2,1-2H3. The molecule has 0 atom stereocenters. The maximum absolute atomic E-state index is 12.3. The van der Waals surface area contributed by atoms with E-state index in [1.807, 2.05) is 0 Å². The smallest absolute Gasteiger partial charge is 0.213 e. The van der Waals surface area contributed by atoms with E-state index in [9.17, 15) is 8.42 Å². The van der Waals surface area contributed by atoms with Crippen LogP contribution in [0.4, 0.5) is 0 Å². The molecule has 0 amide bonds. The molecule has 1 aromatic heterocycles. The van der Waals surface area contributed by atoms with Crippen molar-refractivity contribution in [3.63, 3.8) is 0 Å². The number of hydrogen-bond acceptors (Lipinski definition) is 5. The zero-order valence-electron chi connectivity index (χ0n) is 11.3. The van der Waals surface area contributed by atoms with Crippen molar-refractivity contribution in [2.45, 2.75) is 30.8 Å². The molecule has 0 saturated carbocycles. The number of aryl methyl sites for hydroxylation is 1. The number of ether oxygens (including phenoxy) is 2. The molecular formula is C13H19NO4S. The highest BCUT2D eigenvalue weighted by Crippen LogP contribution is 2.22. The van der Waals surface area contributed by atoms with Crippen LogP contribution in [0.1, 0.15) is 24.1 Å². The molecule has 106 valence electrons. The summed E-state index contributed by atoms with van der Waals surface area (Å²) in [6.45, 7) is 2.87. The lowest BCUT2D eigenvalue weighted by Gasteiger charge is -2.22. The van der Waals surface area contributed by atoms with Crippen molar-refractivity contribution in [2.24, 2.45) is 0 Å². The largest absolute Gasteiger partial charge is 0.481 e. The number of rotatable bonds is 4. The first-order valence-electron chi connectivity index (χ1n) is 6.33. The third-order valence-electron chi connectivity index (χ3n) is 3.41. The molecule has 1 saturated heterocycles. The number of pyridine rings is 1. The van der Waals surface area contributed by atoms with Gasteiger partial charge in [-0.05, 0) is 25.3 Å².